The van der Waals surface area contributed by atoms with E-state index in [-0.39, 0.29) is 0 Å². The molecular weight excluding hydrogens is 222 g/mol. The minimum absolute atomic E-state index is 0.371. The molecule has 1 saturated carbocycles. The lowest BCUT2D eigenvalue weighted by Gasteiger charge is -2.33. The maximum Gasteiger partial charge on any atom is 0.0759 e. The van der Waals surface area contributed by atoms with Gasteiger partial charge in [0.2, 0.25) is 0 Å². The van der Waals surface area contributed by atoms with Gasteiger partial charge in [0.25, 0.3) is 0 Å². The molecule has 1 N–H and O–H groups in total. The number of nitrogens with one attached hydrogen (secondary N) is 1. The van der Waals surface area contributed by atoms with Crippen molar-refractivity contribution in [1.82, 2.24) is 15.3 Å². The van der Waals surface area contributed by atoms with E-state index in [9.17, 15) is 0 Å². The van der Waals surface area contributed by atoms with Crippen LogP contribution in [0.25, 0.3) is 0 Å². The zero-order chi connectivity index (χ0) is 13.0. The van der Waals surface area contributed by atoms with E-state index in [4.69, 9.17) is 0 Å². The van der Waals surface area contributed by atoms with Gasteiger partial charge in [-0.1, -0.05) is 26.2 Å². The molecule has 0 bridgehead atoms. The minimum Gasteiger partial charge on any atom is -0.311 e. The number of nitrogens with zero attached hydrogens (tertiary/aromatic N) is 2. The Hall–Kier alpha value is -0.960. The van der Waals surface area contributed by atoms with Gasteiger partial charge in [-0.2, -0.15) is 0 Å². The van der Waals surface area contributed by atoms with E-state index < -0.39 is 0 Å². The van der Waals surface area contributed by atoms with Crippen molar-refractivity contribution in [3.63, 3.8) is 0 Å². The first kappa shape index (κ1) is 13.5. The molecular formula is C15H25N3. The van der Waals surface area contributed by atoms with Crippen molar-refractivity contribution < 1.29 is 0 Å². The lowest BCUT2D eigenvalue weighted by molar-refractivity contribution is 0.221. The number of hydrogen-bond acceptors (Lipinski definition) is 3. The molecule has 0 aliphatic heterocycles. The van der Waals surface area contributed by atoms with Crippen molar-refractivity contribution >= 4 is 0 Å². The van der Waals surface area contributed by atoms with Crippen LogP contribution in [-0.2, 0) is 0 Å². The fourth-order valence-electron chi connectivity index (χ4n) is 3.12. The second-order valence-electron chi connectivity index (χ2n) is 5.54. The summed E-state index contributed by atoms with van der Waals surface area (Å²) in [6.45, 7) is 4.30. The Morgan fingerprint density at radius 1 is 1.22 bits per heavy atom. The minimum atomic E-state index is 0.371. The summed E-state index contributed by atoms with van der Waals surface area (Å²) < 4.78 is 0. The van der Waals surface area contributed by atoms with Crippen molar-refractivity contribution in [2.24, 2.45) is 11.8 Å². The molecule has 0 aromatic carbocycles. The van der Waals surface area contributed by atoms with Gasteiger partial charge < -0.3 is 5.32 Å². The summed E-state index contributed by atoms with van der Waals surface area (Å²) in [7, 11) is 2.04. The predicted molar refractivity (Wildman–Crippen MR) is 74.3 cm³/mol. The molecule has 1 atom stereocenters. The third-order valence-corrected chi connectivity index (χ3v) is 4.37. The topological polar surface area (TPSA) is 37.8 Å². The van der Waals surface area contributed by atoms with E-state index in [0.717, 1.165) is 23.2 Å². The summed E-state index contributed by atoms with van der Waals surface area (Å²) in [5.41, 5.74) is 2.09. The number of hydrogen-bond donors (Lipinski definition) is 1. The van der Waals surface area contributed by atoms with E-state index in [2.05, 4.69) is 22.2 Å². The SMILES string of the molecule is CCC1CCC(C(NC)c2cnc(C)cn2)CC1. The highest BCUT2D eigenvalue weighted by molar-refractivity contribution is 5.07. The first-order valence-electron chi connectivity index (χ1n) is 7.20. The van der Waals surface area contributed by atoms with Crippen molar-refractivity contribution in [3.05, 3.63) is 23.8 Å². The average Bonchev–Trinajstić information content (AvgIpc) is 2.42. The maximum absolute atomic E-state index is 4.54. The largest absolute Gasteiger partial charge is 0.311 e. The summed E-state index contributed by atoms with van der Waals surface area (Å²) in [4.78, 5) is 8.91. The third kappa shape index (κ3) is 3.08. The monoisotopic (exact) mass is 247 g/mol. The zero-order valence-electron chi connectivity index (χ0n) is 11.8. The van der Waals surface area contributed by atoms with Crippen LogP contribution in [0, 0.1) is 18.8 Å². The van der Waals surface area contributed by atoms with Gasteiger partial charge in [0, 0.05) is 6.20 Å². The molecule has 0 amide bonds. The number of rotatable bonds is 4. The van der Waals surface area contributed by atoms with Crippen molar-refractivity contribution in [2.75, 3.05) is 7.05 Å². The highest BCUT2D eigenvalue weighted by Crippen LogP contribution is 2.37. The fourth-order valence-corrected chi connectivity index (χ4v) is 3.12. The fraction of sp³-hybridized carbons (Fsp3) is 0.733. The third-order valence-electron chi connectivity index (χ3n) is 4.37. The Morgan fingerprint density at radius 2 is 1.94 bits per heavy atom. The van der Waals surface area contributed by atoms with Crippen LogP contribution in [0.15, 0.2) is 12.4 Å². The van der Waals surface area contributed by atoms with Gasteiger partial charge in [-0.3, -0.25) is 9.97 Å². The Bertz CT molecular complexity index is 353. The lowest BCUT2D eigenvalue weighted by atomic mass is 9.77. The average molecular weight is 247 g/mol. The van der Waals surface area contributed by atoms with Crippen LogP contribution in [0.4, 0.5) is 0 Å². The summed E-state index contributed by atoms with van der Waals surface area (Å²) in [6, 6.07) is 0.371. The van der Waals surface area contributed by atoms with Crippen LogP contribution >= 0.6 is 0 Å². The Balaban J connectivity index is 2.03. The van der Waals surface area contributed by atoms with Gasteiger partial charge in [0.05, 0.1) is 23.6 Å². The van der Waals surface area contributed by atoms with Crippen LogP contribution in [0.1, 0.15) is 56.5 Å². The molecule has 1 aromatic rings. The van der Waals surface area contributed by atoms with E-state index in [1.807, 2.05) is 26.4 Å². The Morgan fingerprint density at radius 3 is 2.44 bits per heavy atom. The number of aryl methyl sites for hydroxylation is 1. The standard InChI is InChI=1S/C15H25N3/c1-4-12-5-7-13(8-6-12)15(16-3)14-10-17-11(2)9-18-14/h9-10,12-13,15-16H,4-8H2,1-3H3. The summed E-state index contributed by atoms with van der Waals surface area (Å²) in [6.07, 6.45) is 10.5. The zero-order valence-corrected chi connectivity index (χ0v) is 11.8. The van der Waals surface area contributed by atoms with Crippen LogP contribution in [0.2, 0.25) is 0 Å². The summed E-state index contributed by atoms with van der Waals surface area (Å²) in [5.74, 6) is 1.66. The second-order valence-corrected chi connectivity index (χ2v) is 5.54. The molecule has 0 radical (unpaired) electrons. The van der Waals surface area contributed by atoms with Crippen LogP contribution in [-0.4, -0.2) is 17.0 Å². The van der Waals surface area contributed by atoms with Gasteiger partial charge in [0.15, 0.2) is 0 Å². The van der Waals surface area contributed by atoms with Gasteiger partial charge in [-0.15, -0.1) is 0 Å². The molecule has 1 aromatic heterocycles. The first-order valence-corrected chi connectivity index (χ1v) is 7.20. The smallest absolute Gasteiger partial charge is 0.0759 e. The molecule has 0 spiro atoms. The molecule has 2 rings (SSSR count). The Labute approximate surface area is 110 Å². The van der Waals surface area contributed by atoms with Crippen LogP contribution < -0.4 is 5.32 Å². The van der Waals surface area contributed by atoms with E-state index >= 15 is 0 Å². The molecule has 0 saturated heterocycles. The molecule has 1 aliphatic carbocycles. The predicted octanol–water partition coefficient (Wildman–Crippen LogP) is 3.26. The second kappa shape index (κ2) is 6.28. The number of aromatic nitrogens is 2. The van der Waals surface area contributed by atoms with Crippen LogP contribution in [0.3, 0.4) is 0 Å². The molecule has 18 heavy (non-hydrogen) atoms. The molecule has 1 heterocycles. The highest BCUT2D eigenvalue weighted by Gasteiger charge is 2.27. The molecule has 3 nitrogen and oxygen atoms in total. The van der Waals surface area contributed by atoms with Gasteiger partial charge in [0.1, 0.15) is 0 Å². The van der Waals surface area contributed by atoms with Crippen molar-refractivity contribution in [3.8, 4) is 0 Å². The summed E-state index contributed by atoms with van der Waals surface area (Å²) >= 11 is 0. The Kier molecular flexibility index (Phi) is 4.70. The lowest BCUT2D eigenvalue weighted by Crippen LogP contribution is -2.29. The quantitative estimate of drug-likeness (QED) is 0.887. The van der Waals surface area contributed by atoms with Gasteiger partial charge in [-0.05, 0) is 38.6 Å². The normalized spacial score (nSPS) is 25.9. The van der Waals surface area contributed by atoms with Crippen LogP contribution in [0.5, 0.6) is 0 Å². The van der Waals surface area contributed by atoms with E-state index in [1.165, 1.54) is 32.1 Å². The molecule has 100 valence electrons. The van der Waals surface area contributed by atoms with Gasteiger partial charge >= 0.3 is 0 Å². The maximum atomic E-state index is 4.54. The molecule has 1 unspecified atom stereocenters. The van der Waals surface area contributed by atoms with E-state index in [1.54, 1.807) is 0 Å². The molecule has 1 aliphatic rings. The van der Waals surface area contributed by atoms with Crippen molar-refractivity contribution in [2.45, 2.75) is 52.0 Å². The van der Waals surface area contributed by atoms with Crippen molar-refractivity contribution in [1.29, 1.82) is 0 Å². The van der Waals surface area contributed by atoms with Gasteiger partial charge in [-0.25, -0.2) is 0 Å². The molecule has 1 fully saturated rings. The molecule has 3 heteroatoms. The highest BCUT2D eigenvalue weighted by atomic mass is 14.9. The summed E-state index contributed by atoms with van der Waals surface area (Å²) in [5, 5.41) is 3.44. The first-order chi connectivity index (χ1) is 8.74. The van der Waals surface area contributed by atoms with E-state index in [0.29, 0.717) is 6.04 Å².